The number of likely N-dealkylation sites (tertiary alicyclic amines) is 1. The zero-order chi connectivity index (χ0) is 19.8. The van der Waals surface area contributed by atoms with Crippen molar-refractivity contribution in [3.63, 3.8) is 0 Å². The quantitative estimate of drug-likeness (QED) is 0.720. The number of anilines is 1. The van der Waals surface area contributed by atoms with Gasteiger partial charge in [0.2, 0.25) is 0 Å². The highest BCUT2D eigenvalue weighted by Crippen LogP contribution is 2.39. The molecule has 3 aromatic rings. The Bertz CT molecular complexity index is 1090. The van der Waals surface area contributed by atoms with Crippen LogP contribution in [-0.2, 0) is 6.54 Å². The Morgan fingerprint density at radius 3 is 2.34 bits per heavy atom. The molecule has 2 atom stereocenters. The number of carbonyl (C=O) groups excluding carboxylic acids is 1. The van der Waals surface area contributed by atoms with Gasteiger partial charge in [-0.3, -0.25) is 4.79 Å². The molecule has 0 spiro atoms. The van der Waals surface area contributed by atoms with Gasteiger partial charge in [0.05, 0.1) is 0 Å². The fourth-order valence-electron chi connectivity index (χ4n) is 4.77. The van der Waals surface area contributed by atoms with Crippen LogP contribution in [0.4, 0.5) is 10.5 Å². The van der Waals surface area contributed by atoms with Crippen LogP contribution in [0.3, 0.4) is 0 Å². The molecule has 1 N–H and O–H groups in total. The highest BCUT2D eigenvalue weighted by atomic mass is 16.2. The number of piperidine rings is 1. The normalized spacial score (nSPS) is 20.1. The molecule has 1 saturated heterocycles. The van der Waals surface area contributed by atoms with E-state index in [1.54, 1.807) is 6.07 Å². The number of carbonyl (C=O) groups is 1. The van der Waals surface area contributed by atoms with Crippen molar-refractivity contribution in [1.29, 1.82) is 0 Å². The van der Waals surface area contributed by atoms with Crippen molar-refractivity contribution in [3.8, 4) is 11.1 Å². The average molecular weight is 385 g/mol. The monoisotopic (exact) mass is 385 g/mol. The number of urea groups is 1. The summed E-state index contributed by atoms with van der Waals surface area (Å²) < 4.78 is 1.94. The van der Waals surface area contributed by atoms with Crippen LogP contribution < -0.4 is 10.9 Å². The summed E-state index contributed by atoms with van der Waals surface area (Å²) in [5.74, 6) is 0.458. The summed E-state index contributed by atoms with van der Waals surface area (Å²) in [5.41, 5.74) is 4.13. The number of nitrogens with one attached hydrogen (secondary N) is 1. The molecule has 0 aliphatic carbocycles. The van der Waals surface area contributed by atoms with Crippen LogP contribution in [0.15, 0.2) is 77.6 Å². The molecule has 29 heavy (non-hydrogen) atoms. The fourth-order valence-corrected chi connectivity index (χ4v) is 4.77. The molecule has 0 saturated carbocycles. The lowest BCUT2D eigenvalue weighted by atomic mass is 9.80. The number of hydrogen-bond acceptors (Lipinski definition) is 2. The van der Waals surface area contributed by atoms with E-state index in [1.807, 2.05) is 64.1 Å². The second-order valence-electron chi connectivity index (χ2n) is 7.95. The molecule has 146 valence electrons. The van der Waals surface area contributed by atoms with E-state index in [1.165, 1.54) is 0 Å². The molecule has 2 aliphatic rings. The van der Waals surface area contributed by atoms with E-state index in [-0.39, 0.29) is 17.5 Å². The summed E-state index contributed by atoms with van der Waals surface area (Å²) in [7, 11) is 0. The van der Waals surface area contributed by atoms with Crippen LogP contribution in [0, 0.1) is 5.92 Å². The van der Waals surface area contributed by atoms with Gasteiger partial charge in [0.15, 0.2) is 0 Å². The maximum atomic E-state index is 12.9. The number of benzene rings is 2. The number of aromatic nitrogens is 1. The molecule has 5 nitrogen and oxygen atoms in total. The molecule has 5 rings (SSSR count). The van der Waals surface area contributed by atoms with Crippen molar-refractivity contribution in [2.24, 2.45) is 5.92 Å². The molecule has 2 amide bonds. The van der Waals surface area contributed by atoms with Crippen molar-refractivity contribution in [1.82, 2.24) is 9.47 Å². The molecule has 2 aromatic carbocycles. The molecule has 0 radical (unpaired) electrons. The van der Waals surface area contributed by atoms with E-state index in [2.05, 4.69) is 17.4 Å². The van der Waals surface area contributed by atoms with Crippen LogP contribution in [0.5, 0.6) is 0 Å². The minimum absolute atomic E-state index is 0.0524. The number of nitrogens with zero attached hydrogens (tertiary/aromatic N) is 2. The van der Waals surface area contributed by atoms with Crippen molar-refractivity contribution in [3.05, 3.63) is 88.8 Å². The van der Waals surface area contributed by atoms with Crippen LogP contribution >= 0.6 is 0 Å². The molecular formula is C24H23N3O2. The number of fused-ring (bicyclic) bond motifs is 4. The van der Waals surface area contributed by atoms with Gasteiger partial charge in [-0.25, -0.2) is 4.79 Å². The summed E-state index contributed by atoms with van der Waals surface area (Å²) in [6.07, 6.45) is 1.01. The summed E-state index contributed by atoms with van der Waals surface area (Å²) >= 11 is 0. The Morgan fingerprint density at radius 2 is 1.59 bits per heavy atom. The Labute approximate surface area is 169 Å². The van der Waals surface area contributed by atoms with E-state index >= 15 is 0 Å². The van der Waals surface area contributed by atoms with E-state index < -0.39 is 0 Å². The predicted octanol–water partition coefficient (Wildman–Crippen LogP) is 4.17. The number of pyridine rings is 1. The summed E-state index contributed by atoms with van der Waals surface area (Å²) in [4.78, 5) is 27.4. The van der Waals surface area contributed by atoms with Gasteiger partial charge in [0.1, 0.15) is 0 Å². The number of amides is 2. The molecule has 2 bridgehead atoms. The third-order valence-electron chi connectivity index (χ3n) is 5.99. The van der Waals surface area contributed by atoms with Crippen molar-refractivity contribution >= 4 is 11.7 Å². The summed E-state index contributed by atoms with van der Waals surface area (Å²) in [5, 5.41) is 3.00. The fraction of sp³-hybridized carbons (Fsp3) is 0.250. The molecular weight excluding hydrogens is 362 g/mol. The largest absolute Gasteiger partial charge is 0.324 e. The molecule has 1 fully saturated rings. The lowest BCUT2D eigenvalue weighted by Crippen LogP contribution is -2.50. The van der Waals surface area contributed by atoms with Gasteiger partial charge in [-0.2, -0.15) is 0 Å². The number of para-hydroxylation sites is 1. The van der Waals surface area contributed by atoms with Gasteiger partial charge in [0.25, 0.3) is 5.56 Å². The van der Waals surface area contributed by atoms with Crippen molar-refractivity contribution in [2.45, 2.75) is 18.9 Å². The Morgan fingerprint density at radius 1 is 0.862 bits per heavy atom. The maximum Gasteiger partial charge on any atom is 0.321 e. The van der Waals surface area contributed by atoms with Gasteiger partial charge in [0, 0.05) is 48.6 Å². The van der Waals surface area contributed by atoms with Gasteiger partial charge >= 0.3 is 6.03 Å². The lowest BCUT2D eigenvalue weighted by molar-refractivity contribution is 0.140. The average Bonchev–Trinajstić information content (AvgIpc) is 2.75. The molecule has 5 heteroatoms. The van der Waals surface area contributed by atoms with Crippen LogP contribution in [-0.4, -0.2) is 28.6 Å². The van der Waals surface area contributed by atoms with Crippen LogP contribution in [0.2, 0.25) is 0 Å². The topological polar surface area (TPSA) is 54.3 Å². The maximum absolute atomic E-state index is 12.9. The first-order valence-electron chi connectivity index (χ1n) is 10.1. The molecule has 3 heterocycles. The van der Waals surface area contributed by atoms with Gasteiger partial charge in [-0.1, -0.05) is 48.5 Å². The van der Waals surface area contributed by atoms with Gasteiger partial charge in [-0.05, 0) is 36.1 Å². The Balaban J connectivity index is 1.47. The highest BCUT2D eigenvalue weighted by Gasteiger charge is 2.37. The minimum atomic E-state index is -0.0705. The highest BCUT2D eigenvalue weighted by molar-refractivity contribution is 5.89. The van der Waals surface area contributed by atoms with Gasteiger partial charge < -0.3 is 14.8 Å². The van der Waals surface area contributed by atoms with E-state index in [0.717, 1.165) is 28.9 Å². The van der Waals surface area contributed by atoms with Gasteiger partial charge in [-0.15, -0.1) is 0 Å². The molecule has 2 aliphatic heterocycles. The third-order valence-corrected chi connectivity index (χ3v) is 5.99. The standard InChI is InChI=1S/C24H23N3O2/c28-22-12-11-21(18-7-3-1-4-8-18)23-19-13-17(15-27(22)23)14-26(16-19)24(29)25-20-9-5-2-6-10-20/h1-12,17,19H,13-16H2,(H,25,29)/t17-,19-/m0/s1. The zero-order valence-electron chi connectivity index (χ0n) is 16.1. The first kappa shape index (κ1) is 17.7. The first-order chi connectivity index (χ1) is 14.2. The third kappa shape index (κ3) is 3.33. The van der Waals surface area contributed by atoms with Crippen LogP contribution in [0.25, 0.3) is 11.1 Å². The first-order valence-corrected chi connectivity index (χ1v) is 10.1. The number of hydrogen-bond donors (Lipinski definition) is 1. The molecule has 1 aromatic heterocycles. The van der Waals surface area contributed by atoms with Crippen molar-refractivity contribution in [2.75, 3.05) is 18.4 Å². The predicted molar refractivity (Wildman–Crippen MR) is 114 cm³/mol. The SMILES string of the molecule is O=C(Nc1ccccc1)N1C[C@@H]2C[C@@H](C1)c1c(-c3ccccc3)ccc(=O)n1C2. The second-order valence-corrected chi connectivity index (χ2v) is 7.95. The number of rotatable bonds is 2. The van der Waals surface area contributed by atoms with E-state index in [4.69, 9.17) is 0 Å². The summed E-state index contributed by atoms with van der Waals surface area (Å²) in [6, 6.07) is 23.3. The zero-order valence-corrected chi connectivity index (χ0v) is 16.1. The van der Waals surface area contributed by atoms with E-state index in [0.29, 0.717) is 25.6 Å². The summed E-state index contributed by atoms with van der Waals surface area (Å²) in [6.45, 7) is 1.97. The van der Waals surface area contributed by atoms with Crippen molar-refractivity contribution < 1.29 is 4.79 Å². The smallest absolute Gasteiger partial charge is 0.321 e. The van der Waals surface area contributed by atoms with Crippen LogP contribution in [0.1, 0.15) is 18.0 Å². The minimum Gasteiger partial charge on any atom is -0.324 e. The Kier molecular flexibility index (Phi) is 4.43. The second kappa shape index (κ2) is 7.24. The Hall–Kier alpha value is -3.34. The van der Waals surface area contributed by atoms with E-state index in [9.17, 15) is 9.59 Å². The lowest BCUT2D eigenvalue weighted by Gasteiger charge is -2.43. The molecule has 0 unspecified atom stereocenters.